The molecule has 4 nitrogen and oxygen atoms in total. The van der Waals surface area contributed by atoms with Crippen molar-refractivity contribution in [3.63, 3.8) is 0 Å². The Morgan fingerprint density at radius 1 is 0.967 bits per heavy atom. The Morgan fingerprint density at radius 2 is 1.67 bits per heavy atom. The molecule has 0 aromatic heterocycles. The zero-order valence-corrected chi connectivity index (χ0v) is 19.6. The smallest absolute Gasteiger partial charge is 0.242 e. The minimum absolute atomic E-state index is 0.0135. The van der Waals surface area contributed by atoms with Crippen LogP contribution in [0.2, 0.25) is 0 Å². The van der Waals surface area contributed by atoms with Crippen LogP contribution in [-0.2, 0) is 21.9 Å². The van der Waals surface area contributed by atoms with Gasteiger partial charge < -0.3 is 10.2 Å². The minimum Gasteiger partial charge on any atom is -0.354 e. The van der Waals surface area contributed by atoms with E-state index in [1.54, 1.807) is 16.7 Å². The summed E-state index contributed by atoms with van der Waals surface area (Å²) in [6.45, 7) is 11.1. The van der Waals surface area contributed by atoms with Crippen molar-refractivity contribution in [2.75, 3.05) is 12.3 Å². The molecule has 0 aliphatic carbocycles. The van der Waals surface area contributed by atoms with Crippen molar-refractivity contribution in [1.29, 1.82) is 0 Å². The molecule has 0 saturated heterocycles. The molecule has 0 radical (unpaired) electrons. The van der Waals surface area contributed by atoms with Gasteiger partial charge in [0.1, 0.15) is 6.04 Å². The first kappa shape index (κ1) is 24.0. The Bertz CT molecular complexity index is 833. The predicted octanol–water partition coefficient (Wildman–Crippen LogP) is 4.73. The summed E-state index contributed by atoms with van der Waals surface area (Å²) in [4.78, 5) is 27.4. The molecule has 0 aliphatic rings. The van der Waals surface area contributed by atoms with E-state index in [1.165, 1.54) is 16.7 Å². The Morgan fingerprint density at radius 3 is 2.30 bits per heavy atom. The topological polar surface area (TPSA) is 49.4 Å². The van der Waals surface area contributed by atoms with Crippen LogP contribution in [0.5, 0.6) is 0 Å². The van der Waals surface area contributed by atoms with E-state index in [-0.39, 0.29) is 11.8 Å². The van der Waals surface area contributed by atoms with E-state index in [1.807, 2.05) is 44.2 Å². The molecular weight excluding hydrogens is 392 g/mol. The first-order chi connectivity index (χ1) is 14.3. The van der Waals surface area contributed by atoms with Crippen LogP contribution in [0.1, 0.15) is 43.0 Å². The Kier molecular flexibility index (Phi) is 9.44. The molecule has 0 unspecified atom stereocenters. The fraction of sp³-hybridized carbons (Fsp3) is 0.440. The molecule has 0 bridgehead atoms. The average Bonchev–Trinajstić information content (AvgIpc) is 2.71. The molecule has 0 heterocycles. The lowest BCUT2D eigenvalue weighted by atomic mass is 10.1. The normalized spacial score (nSPS) is 11.9. The third kappa shape index (κ3) is 7.86. The van der Waals surface area contributed by atoms with Crippen molar-refractivity contribution in [2.45, 2.75) is 53.0 Å². The second kappa shape index (κ2) is 11.8. The summed E-state index contributed by atoms with van der Waals surface area (Å²) in [6.07, 6.45) is 0. The molecule has 162 valence electrons. The maximum atomic E-state index is 13.1. The summed E-state index contributed by atoms with van der Waals surface area (Å²) < 4.78 is 0. The highest BCUT2D eigenvalue weighted by Gasteiger charge is 2.26. The van der Waals surface area contributed by atoms with Gasteiger partial charge >= 0.3 is 0 Å². The number of carbonyl (C=O) groups excluding carboxylic acids is 2. The lowest BCUT2D eigenvalue weighted by Gasteiger charge is -2.29. The number of aryl methyl sites for hydroxylation is 2. The monoisotopic (exact) mass is 426 g/mol. The quantitative estimate of drug-likeness (QED) is 0.598. The van der Waals surface area contributed by atoms with Crippen molar-refractivity contribution >= 4 is 23.6 Å². The highest BCUT2D eigenvalue weighted by atomic mass is 32.2. The predicted molar refractivity (Wildman–Crippen MR) is 126 cm³/mol. The molecule has 2 rings (SSSR count). The van der Waals surface area contributed by atoms with E-state index in [2.05, 4.69) is 44.3 Å². The van der Waals surface area contributed by atoms with Gasteiger partial charge in [-0.05, 0) is 37.8 Å². The van der Waals surface area contributed by atoms with Crippen LogP contribution < -0.4 is 5.32 Å². The number of thioether (sulfide) groups is 1. The molecule has 5 heteroatoms. The summed E-state index contributed by atoms with van der Waals surface area (Å²) >= 11 is 1.59. The Labute approximate surface area is 185 Å². The third-order valence-corrected chi connectivity index (χ3v) is 5.89. The van der Waals surface area contributed by atoms with Crippen molar-refractivity contribution in [3.05, 3.63) is 70.8 Å². The molecule has 0 aliphatic heterocycles. The van der Waals surface area contributed by atoms with Gasteiger partial charge in [0.15, 0.2) is 0 Å². The number of carbonyl (C=O) groups is 2. The third-order valence-electron chi connectivity index (χ3n) is 4.90. The maximum absolute atomic E-state index is 13.1. The fourth-order valence-corrected chi connectivity index (χ4v) is 3.92. The second-order valence-electron chi connectivity index (χ2n) is 8.30. The van der Waals surface area contributed by atoms with Crippen LogP contribution >= 0.6 is 11.8 Å². The van der Waals surface area contributed by atoms with E-state index in [4.69, 9.17) is 0 Å². The van der Waals surface area contributed by atoms with Gasteiger partial charge in [0.05, 0.1) is 5.75 Å². The molecule has 2 aromatic carbocycles. The average molecular weight is 427 g/mol. The summed E-state index contributed by atoms with van der Waals surface area (Å²) in [5, 5.41) is 2.96. The first-order valence-electron chi connectivity index (χ1n) is 10.5. The van der Waals surface area contributed by atoms with Crippen molar-refractivity contribution in [3.8, 4) is 0 Å². The van der Waals surface area contributed by atoms with Gasteiger partial charge in [-0.15, -0.1) is 11.8 Å². The SMILES string of the molecule is Cc1ccc(CN(C(=O)CSCc2cccc(C)c2)[C@@H](C)C(=O)NCC(C)C)cc1. The number of hydrogen-bond acceptors (Lipinski definition) is 3. The van der Waals surface area contributed by atoms with E-state index in [0.717, 1.165) is 11.3 Å². The van der Waals surface area contributed by atoms with Crippen molar-refractivity contribution < 1.29 is 9.59 Å². The van der Waals surface area contributed by atoms with E-state index in [9.17, 15) is 9.59 Å². The van der Waals surface area contributed by atoms with Crippen LogP contribution in [0.25, 0.3) is 0 Å². The van der Waals surface area contributed by atoms with Crippen LogP contribution in [0.4, 0.5) is 0 Å². The second-order valence-corrected chi connectivity index (χ2v) is 9.29. The molecule has 2 aromatic rings. The molecule has 0 saturated carbocycles. The molecule has 0 fully saturated rings. The molecule has 2 amide bonds. The zero-order chi connectivity index (χ0) is 22.1. The number of benzene rings is 2. The summed E-state index contributed by atoms with van der Waals surface area (Å²) in [5.74, 6) is 1.38. The van der Waals surface area contributed by atoms with Gasteiger partial charge in [-0.25, -0.2) is 0 Å². The number of hydrogen-bond donors (Lipinski definition) is 1. The molecule has 0 spiro atoms. The maximum Gasteiger partial charge on any atom is 0.242 e. The van der Waals surface area contributed by atoms with Crippen molar-refractivity contribution in [2.24, 2.45) is 5.92 Å². The molecule has 1 atom stereocenters. The lowest BCUT2D eigenvalue weighted by molar-refractivity contribution is -0.138. The summed E-state index contributed by atoms with van der Waals surface area (Å²) in [6, 6.07) is 15.9. The standard InChI is InChI=1S/C25H34N2O2S/c1-18(2)14-26-25(29)21(5)27(15-22-11-9-19(3)10-12-22)24(28)17-30-16-23-8-6-7-20(4)13-23/h6-13,18,21H,14-17H2,1-5H3,(H,26,29)/t21-/m0/s1. The minimum atomic E-state index is -0.517. The molecular formula is C25H34N2O2S. The van der Waals surface area contributed by atoms with E-state index < -0.39 is 6.04 Å². The molecule has 30 heavy (non-hydrogen) atoms. The van der Waals surface area contributed by atoms with Gasteiger partial charge in [-0.2, -0.15) is 0 Å². The Hall–Kier alpha value is -2.27. The first-order valence-corrected chi connectivity index (χ1v) is 11.7. The van der Waals surface area contributed by atoms with Gasteiger partial charge in [0, 0.05) is 18.8 Å². The summed E-state index contributed by atoms with van der Waals surface area (Å²) in [5.41, 5.74) is 4.63. The summed E-state index contributed by atoms with van der Waals surface area (Å²) in [7, 11) is 0. The van der Waals surface area contributed by atoms with Gasteiger partial charge in [-0.1, -0.05) is 73.5 Å². The fourth-order valence-electron chi connectivity index (χ4n) is 3.07. The highest BCUT2D eigenvalue weighted by molar-refractivity contribution is 7.99. The van der Waals surface area contributed by atoms with Crippen LogP contribution in [0.15, 0.2) is 48.5 Å². The number of rotatable bonds is 10. The van der Waals surface area contributed by atoms with Gasteiger partial charge in [-0.3, -0.25) is 9.59 Å². The van der Waals surface area contributed by atoms with Crippen LogP contribution in [0, 0.1) is 19.8 Å². The molecule has 1 N–H and O–H groups in total. The van der Waals surface area contributed by atoms with Crippen molar-refractivity contribution in [1.82, 2.24) is 10.2 Å². The lowest BCUT2D eigenvalue weighted by Crippen LogP contribution is -2.48. The van der Waals surface area contributed by atoms with E-state index in [0.29, 0.717) is 24.8 Å². The van der Waals surface area contributed by atoms with Crippen LogP contribution in [-0.4, -0.2) is 35.1 Å². The van der Waals surface area contributed by atoms with Gasteiger partial charge in [0.2, 0.25) is 11.8 Å². The number of nitrogens with zero attached hydrogens (tertiary/aromatic N) is 1. The van der Waals surface area contributed by atoms with Gasteiger partial charge in [0.25, 0.3) is 0 Å². The number of amides is 2. The number of nitrogens with one attached hydrogen (secondary N) is 1. The van der Waals surface area contributed by atoms with Crippen LogP contribution in [0.3, 0.4) is 0 Å². The highest BCUT2D eigenvalue weighted by Crippen LogP contribution is 2.17. The zero-order valence-electron chi connectivity index (χ0n) is 18.8. The largest absolute Gasteiger partial charge is 0.354 e. The van der Waals surface area contributed by atoms with E-state index >= 15 is 0 Å². The Balaban J connectivity index is 2.05.